The SMILES string of the molecule is CCNC(=NCCCCn1ccnc1C)NC(C)c1cc(C)ccc1OC. The van der Waals surface area contributed by atoms with E-state index in [9.17, 15) is 0 Å². The Labute approximate surface area is 163 Å². The Balaban J connectivity index is 1.90. The van der Waals surface area contributed by atoms with Crippen LogP contribution < -0.4 is 15.4 Å². The van der Waals surface area contributed by atoms with E-state index in [1.54, 1.807) is 7.11 Å². The Morgan fingerprint density at radius 2 is 2.11 bits per heavy atom. The summed E-state index contributed by atoms with van der Waals surface area (Å²) in [5, 5.41) is 6.83. The van der Waals surface area contributed by atoms with Gasteiger partial charge < -0.3 is 19.9 Å². The van der Waals surface area contributed by atoms with E-state index >= 15 is 0 Å². The number of ether oxygens (including phenoxy) is 1. The molecule has 0 radical (unpaired) electrons. The highest BCUT2D eigenvalue weighted by molar-refractivity contribution is 5.80. The monoisotopic (exact) mass is 371 g/mol. The fourth-order valence-electron chi connectivity index (χ4n) is 3.02. The van der Waals surface area contributed by atoms with Gasteiger partial charge in [-0.1, -0.05) is 17.7 Å². The summed E-state index contributed by atoms with van der Waals surface area (Å²) >= 11 is 0. The summed E-state index contributed by atoms with van der Waals surface area (Å²) in [5.41, 5.74) is 2.36. The summed E-state index contributed by atoms with van der Waals surface area (Å²) in [4.78, 5) is 8.98. The number of guanidine groups is 1. The van der Waals surface area contributed by atoms with E-state index < -0.39 is 0 Å². The lowest BCUT2D eigenvalue weighted by Gasteiger charge is -2.20. The van der Waals surface area contributed by atoms with Gasteiger partial charge in [-0.3, -0.25) is 4.99 Å². The summed E-state index contributed by atoms with van der Waals surface area (Å²) in [6.45, 7) is 11.0. The topological polar surface area (TPSA) is 63.5 Å². The second kappa shape index (κ2) is 10.6. The van der Waals surface area contributed by atoms with Gasteiger partial charge in [0.1, 0.15) is 11.6 Å². The second-order valence-corrected chi connectivity index (χ2v) is 6.75. The number of methoxy groups -OCH3 is 1. The highest BCUT2D eigenvalue weighted by atomic mass is 16.5. The van der Waals surface area contributed by atoms with Crippen molar-refractivity contribution >= 4 is 5.96 Å². The smallest absolute Gasteiger partial charge is 0.191 e. The second-order valence-electron chi connectivity index (χ2n) is 6.75. The first-order valence-electron chi connectivity index (χ1n) is 9.72. The average Bonchev–Trinajstić information content (AvgIpc) is 3.06. The van der Waals surface area contributed by atoms with Crippen LogP contribution >= 0.6 is 0 Å². The molecule has 0 aliphatic heterocycles. The van der Waals surface area contributed by atoms with Crippen molar-refractivity contribution in [2.24, 2.45) is 4.99 Å². The van der Waals surface area contributed by atoms with Crippen LogP contribution in [0.25, 0.3) is 0 Å². The highest BCUT2D eigenvalue weighted by Gasteiger charge is 2.13. The molecule has 0 aliphatic carbocycles. The molecule has 0 aliphatic rings. The summed E-state index contributed by atoms with van der Waals surface area (Å²) in [6, 6.07) is 6.35. The van der Waals surface area contributed by atoms with Crippen molar-refractivity contribution in [3.05, 3.63) is 47.5 Å². The predicted molar refractivity (Wildman–Crippen MR) is 111 cm³/mol. The zero-order chi connectivity index (χ0) is 19.6. The van der Waals surface area contributed by atoms with Crippen molar-refractivity contribution in [1.29, 1.82) is 0 Å². The molecule has 0 saturated carbocycles. The summed E-state index contributed by atoms with van der Waals surface area (Å²) in [7, 11) is 1.71. The zero-order valence-electron chi connectivity index (χ0n) is 17.2. The Bertz CT molecular complexity index is 738. The van der Waals surface area contributed by atoms with E-state index in [2.05, 4.69) is 53.1 Å². The number of imidazole rings is 1. The van der Waals surface area contributed by atoms with Gasteiger partial charge in [0.25, 0.3) is 0 Å². The number of hydrogen-bond acceptors (Lipinski definition) is 3. The van der Waals surface area contributed by atoms with Crippen LogP contribution in [0.3, 0.4) is 0 Å². The fourth-order valence-corrected chi connectivity index (χ4v) is 3.02. The van der Waals surface area contributed by atoms with Crippen molar-refractivity contribution in [3.8, 4) is 5.75 Å². The maximum Gasteiger partial charge on any atom is 0.191 e. The first-order valence-corrected chi connectivity index (χ1v) is 9.72. The van der Waals surface area contributed by atoms with Crippen molar-refractivity contribution in [3.63, 3.8) is 0 Å². The lowest BCUT2D eigenvalue weighted by atomic mass is 10.0. The van der Waals surface area contributed by atoms with Crippen LogP contribution in [-0.2, 0) is 6.54 Å². The van der Waals surface area contributed by atoms with Crippen LogP contribution in [0.2, 0.25) is 0 Å². The number of nitrogens with one attached hydrogen (secondary N) is 2. The van der Waals surface area contributed by atoms with Gasteiger partial charge in [0, 0.05) is 37.6 Å². The maximum atomic E-state index is 5.51. The molecule has 0 fully saturated rings. The fraction of sp³-hybridized carbons (Fsp3) is 0.524. The Morgan fingerprint density at radius 1 is 1.30 bits per heavy atom. The molecule has 27 heavy (non-hydrogen) atoms. The average molecular weight is 372 g/mol. The molecular formula is C21H33N5O. The number of aryl methyl sites for hydroxylation is 3. The number of benzene rings is 1. The molecule has 1 aromatic heterocycles. The van der Waals surface area contributed by atoms with Crippen molar-refractivity contribution in [2.75, 3.05) is 20.2 Å². The molecule has 1 unspecified atom stereocenters. The normalized spacial score (nSPS) is 12.7. The van der Waals surface area contributed by atoms with Crippen molar-refractivity contribution in [2.45, 2.75) is 53.1 Å². The number of aliphatic imine (C=N–C) groups is 1. The van der Waals surface area contributed by atoms with Gasteiger partial charge in [-0.05, 0) is 46.6 Å². The molecule has 1 aromatic carbocycles. The van der Waals surface area contributed by atoms with Crippen LogP contribution in [0.1, 0.15) is 49.7 Å². The number of rotatable bonds is 9. The molecule has 148 valence electrons. The Hall–Kier alpha value is -2.50. The van der Waals surface area contributed by atoms with Crippen LogP contribution in [0, 0.1) is 13.8 Å². The van der Waals surface area contributed by atoms with E-state index in [1.165, 1.54) is 5.56 Å². The Morgan fingerprint density at radius 3 is 2.78 bits per heavy atom. The molecule has 1 heterocycles. The van der Waals surface area contributed by atoms with Gasteiger partial charge in [0.05, 0.1) is 13.2 Å². The summed E-state index contributed by atoms with van der Waals surface area (Å²) < 4.78 is 7.69. The van der Waals surface area contributed by atoms with E-state index in [0.29, 0.717) is 0 Å². The third kappa shape index (κ3) is 6.31. The molecule has 6 nitrogen and oxygen atoms in total. The molecule has 6 heteroatoms. The van der Waals surface area contributed by atoms with Gasteiger partial charge in [-0.25, -0.2) is 4.98 Å². The van der Waals surface area contributed by atoms with Crippen LogP contribution in [0.4, 0.5) is 0 Å². The molecule has 0 spiro atoms. The lowest BCUT2D eigenvalue weighted by Crippen LogP contribution is -2.39. The predicted octanol–water partition coefficient (Wildman–Crippen LogP) is 3.61. The minimum atomic E-state index is 0.103. The van der Waals surface area contributed by atoms with E-state index in [-0.39, 0.29) is 6.04 Å². The Kier molecular flexibility index (Phi) is 8.17. The standard InChI is InChI=1S/C21H33N5O/c1-6-22-21(24-11-7-8-13-26-14-12-23-18(26)4)25-17(3)19-15-16(2)9-10-20(19)27-5/h9-10,12,14-15,17H,6-8,11,13H2,1-5H3,(H2,22,24,25). The van der Waals surface area contributed by atoms with Gasteiger partial charge >= 0.3 is 0 Å². The molecule has 0 amide bonds. The quantitative estimate of drug-likeness (QED) is 0.402. The van der Waals surface area contributed by atoms with Crippen LogP contribution in [0.15, 0.2) is 35.6 Å². The van der Waals surface area contributed by atoms with Gasteiger partial charge in [-0.15, -0.1) is 0 Å². The highest BCUT2D eigenvalue weighted by Crippen LogP contribution is 2.25. The number of hydrogen-bond donors (Lipinski definition) is 2. The minimum Gasteiger partial charge on any atom is -0.496 e. The third-order valence-corrected chi connectivity index (χ3v) is 4.55. The van der Waals surface area contributed by atoms with E-state index in [0.717, 1.165) is 55.6 Å². The maximum absolute atomic E-state index is 5.51. The van der Waals surface area contributed by atoms with Crippen molar-refractivity contribution < 1.29 is 4.74 Å². The summed E-state index contributed by atoms with van der Waals surface area (Å²) in [6.07, 6.45) is 6.00. The van der Waals surface area contributed by atoms with Crippen molar-refractivity contribution in [1.82, 2.24) is 20.2 Å². The lowest BCUT2D eigenvalue weighted by molar-refractivity contribution is 0.405. The first kappa shape index (κ1) is 20.8. The molecule has 2 aromatic rings. The first-order chi connectivity index (χ1) is 13.0. The van der Waals surface area contributed by atoms with Crippen LogP contribution in [-0.4, -0.2) is 35.7 Å². The molecular weight excluding hydrogens is 338 g/mol. The van der Waals surface area contributed by atoms with Gasteiger partial charge in [0.15, 0.2) is 5.96 Å². The molecule has 0 saturated heterocycles. The van der Waals surface area contributed by atoms with Gasteiger partial charge in [0.2, 0.25) is 0 Å². The van der Waals surface area contributed by atoms with Crippen LogP contribution in [0.5, 0.6) is 5.75 Å². The molecule has 2 rings (SSSR count). The number of nitrogens with zero attached hydrogens (tertiary/aromatic N) is 3. The number of aromatic nitrogens is 2. The third-order valence-electron chi connectivity index (χ3n) is 4.55. The molecule has 0 bridgehead atoms. The zero-order valence-corrected chi connectivity index (χ0v) is 17.2. The van der Waals surface area contributed by atoms with E-state index in [4.69, 9.17) is 9.73 Å². The molecule has 1 atom stereocenters. The van der Waals surface area contributed by atoms with E-state index in [1.807, 2.05) is 25.4 Å². The summed E-state index contributed by atoms with van der Waals surface area (Å²) in [5.74, 6) is 2.80. The molecule has 2 N–H and O–H groups in total. The van der Waals surface area contributed by atoms with Gasteiger partial charge in [-0.2, -0.15) is 0 Å². The number of unbranched alkanes of at least 4 members (excludes halogenated alkanes) is 1. The minimum absolute atomic E-state index is 0.103. The largest absolute Gasteiger partial charge is 0.496 e.